The lowest BCUT2D eigenvalue weighted by Gasteiger charge is -2.17. The molecule has 1 aliphatic rings. The summed E-state index contributed by atoms with van der Waals surface area (Å²) in [5.74, 6) is 0.408. The first-order chi connectivity index (χ1) is 10.6. The second-order valence-electron chi connectivity index (χ2n) is 6.08. The maximum atomic E-state index is 12.6. The Kier molecular flexibility index (Phi) is 5.80. The van der Waals surface area contributed by atoms with E-state index in [-0.39, 0.29) is 30.3 Å². The van der Waals surface area contributed by atoms with Gasteiger partial charge in [-0.05, 0) is 23.6 Å². The van der Waals surface area contributed by atoms with Gasteiger partial charge in [0.25, 0.3) is 0 Å². The Morgan fingerprint density at radius 3 is 2.43 bits per heavy atom. The van der Waals surface area contributed by atoms with E-state index in [0.29, 0.717) is 13.0 Å². The van der Waals surface area contributed by atoms with Gasteiger partial charge < -0.3 is 10.6 Å². The van der Waals surface area contributed by atoms with Gasteiger partial charge >= 0.3 is 0 Å². The number of nitrogens with two attached hydrogens (primary N) is 1. The van der Waals surface area contributed by atoms with Gasteiger partial charge in [-0.25, -0.2) is 0 Å². The topological polar surface area (TPSA) is 46.3 Å². The molecule has 0 bridgehead atoms. The van der Waals surface area contributed by atoms with E-state index in [9.17, 15) is 4.79 Å². The third kappa shape index (κ3) is 3.92. The minimum atomic E-state index is 0. The molecule has 0 aromatic heterocycles. The quantitative estimate of drug-likeness (QED) is 0.940. The summed E-state index contributed by atoms with van der Waals surface area (Å²) in [7, 11) is 0. The van der Waals surface area contributed by atoms with Crippen LogP contribution in [0.2, 0.25) is 0 Å². The average Bonchev–Trinajstić information content (AvgIpc) is 2.92. The SMILES string of the molecule is Cc1ccccc1CC(=O)N1C[C@@H](N)[C@H](c2ccccc2)C1.Cl. The van der Waals surface area contributed by atoms with Crippen LogP contribution < -0.4 is 5.73 Å². The van der Waals surface area contributed by atoms with Crippen LogP contribution in [0.3, 0.4) is 0 Å². The molecule has 2 aromatic rings. The zero-order valence-electron chi connectivity index (χ0n) is 13.3. The first-order valence-corrected chi connectivity index (χ1v) is 7.78. The largest absolute Gasteiger partial charge is 0.340 e. The Morgan fingerprint density at radius 2 is 1.74 bits per heavy atom. The molecule has 2 atom stereocenters. The summed E-state index contributed by atoms with van der Waals surface area (Å²) in [6.07, 6.45) is 0.459. The molecule has 1 aliphatic heterocycles. The molecule has 23 heavy (non-hydrogen) atoms. The molecule has 0 spiro atoms. The second-order valence-corrected chi connectivity index (χ2v) is 6.08. The van der Waals surface area contributed by atoms with E-state index in [0.717, 1.165) is 12.1 Å². The summed E-state index contributed by atoms with van der Waals surface area (Å²) in [6.45, 7) is 3.41. The van der Waals surface area contributed by atoms with Crippen LogP contribution in [0.5, 0.6) is 0 Å². The molecule has 2 aromatic carbocycles. The van der Waals surface area contributed by atoms with Gasteiger partial charge in [-0.15, -0.1) is 12.4 Å². The van der Waals surface area contributed by atoms with Crippen molar-refractivity contribution in [3.8, 4) is 0 Å². The fraction of sp³-hybridized carbons (Fsp3) is 0.316. The summed E-state index contributed by atoms with van der Waals surface area (Å²) < 4.78 is 0. The minimum Gasteiger partial charge on any atom is -0.340 e. The molecule has 0 aliphatic carbocycles. The number of carbonyl (C=O) groups excluding carboxylic acids is 1. The van der Waals surface area contributed by atoms with Crippen molar-refractivity contribution in [1.29, 1.82) is 0 Å². The number of nitrogens with zero attached hydrogens (tertiary/aromatic N) is 1. The summed E-state index contributed by atoms with van der Waals surface area (Å²) in [5.41, 5.74) is 9.76. The molecule has 4 heteroatoms. The van der Waals surface area contributed by atoms with Crippen molar-refractivity contribution >= 4 is 18.3 Å². The number of likely N-dealkylation sites (tertiary alicyclic amines) is 1. The number of amides is 1. The average molecular weight is 331 g/mol. The molecule has 3 nitrogen and oxygen atoms in total. The van der Waals surface area contributed by atoms with Gasteiger partial charge in [-0.3, -0.25) is 4.79 Å². The van der Waals surface area contributed by atoms with Crippen LogP contribution in [0.4, 0.5) is 0 Å². The molecule has 0 saturated carbocycles. The monoisotopic (exact) mass is 330 g/mol. The van der Waals surface area contributed by atoms with Crippen LogP contribution in [-0.4, -0.2) is 29.9 Å². The number of halogens is 1. The van der Waals surface area contributed by atoms with Crippen molar-refractivity contribution in [2.24, 2.45) is 5.73 Å². The van der Waals surface area contributed by atoms with E-state index in [1.165, 1.54) is 11.1 Å². The summed E-state index contributed by atoms with van der Waals surface area (Å²) >= 11 is 0. The van der Waals surface area contributed by atoms with Crippen LogP contribution >= 0.6 is 12.4 Å². The van der Waals surface area contributed by atoms with Gasteiger partial charge in [0.15, 0.2) is 0 Å². The fourth-order valence-corrected chi connectivity index (χ4v) is 3.17. The highest BCUT2D eigenvalue weighted by Gasteiger charge is 2.33. The fourth-order valence-electron chi connectivity index (χ4n) is 3.17. The van der Waals surface area contributed by atoms with E-state index in [2.05, 4.69) is 12.1 Å². The smallest absolute Gasteiger partial charge is 0.227 e. The second kappa shape index (κ2) is 7.62. The number of rotatable bonds is 3. The number of benzene rings is 2. The minimum absolute atomic E-state index is 0. The summed E-state index contributed by atoms with van der Waals surface area (Å²) in [6, 6.07) is 18.3. The van der Waals surface area contributed by atoms with Crippen molar-refractivity contribution in [2.75, 3.05) is 13.1 Å². The zero-order chi connectivity index (χ0) is 15.5. The third-order valence-electron chi connectivity index (χ3n) is 4.55. The van der Waals surface area contributed by atoms with Crippen molar-refractivity contribution in [3.05, 3.63) is 71.3 Å². The lowest BCUT2D eigenvalue weighted by Crippen LogP contribution is -2.33. The maximum absolute atomic E-state index is 12.6. The lowest BCUT2D eigenvalue weighted by atomic mass is 9.95. The Hall–Kier alpha value is -1.84. The molecular formula is C19H23ClN2O. The van der Waals surface area contributed by atoms with Crippen LogP contribution in [0, 0.1) is 6.92 Å². The Balaban J connectivity index is 0.00000192. The molecule has 122 valence electrons. The van der Waals surface area contributed by atoms with Crippen molar-refractivity contribution in [2.45, 2.75) is 25.3 Å². The molecule has 3 rings (SSSR count). The first-order valence-electron chi connectivity index (χ1n) is 7.78. The van der Waals surface area contributed by atoms with Gasteiger partial charge in [0.05, 0.1) is 6.42 Å². The van der Waals surface area contributed by atoms with E-state index in [1.54, 1.807) is 0 Å². The highest BCUT2D eigenvalue weighted by molar-refractivity contribution is 5.85. The van der Waals surface area contributed by atoms with Crippen molar-refractivity contribution in [1.82, 2.24) is 4.90 Å². The standard InChI is InChI=1S/C19H22N2O.ClH/c1-14-7-5-6-10-16(14)11-19(22)21-12-17(18(20)13-21)15-8-3-2-4-9-15;/h2-10,17-18H,11-13,20H2,1H3;1H/t17-,18+;/m0./s1. The zero-order valence-corrected chi connectivity index (χ0v) is 14.1. The molecule has 2 N–H and O–H groups in total. The predicted octanol–water partition coefficient (Wildman–Crippen LogP) is 2.91. The molecule has 0 radical (unpaired) electrons. The molecule has 1 fully saturated rings. The number of carbonyl (C=O) groups is 1. The molecule has 1 heterocycles. The van der Waals surface area contributed by atoms with E-state index >= 15 is 0 Å². The lowest BCUT2D eigenvalue weighted by molar-refractivity contribution is -0.129. The van der Waals surface area contributed by atoms with Crippen LogP contribution in [0.1, 0.15) is 22.6 Å². The van der Waals surface area contributed by atoms with Crippen LogP contribution in [0.25, 0.3) is 0 Å². The van der Waals surface area contributed by atoms with Crippen molar-refractivity contribution in [3.63, 3.8) is 0 Å². The van der Waals surface area contributed by atoms with E-state index < -0.39 is 0 Å². The summed E-state index contributed by atoms with van der Waals surface area (Å²) in [5, 5.41) is 0. The number of aryl methyl sites for hydroxylation is 1. The Labute approximate surface area is 143 Å². The Bertz CT molecular complexity index is 659. The van der Waals surface area contributed by atoms with Gasteiger partial charge in [0.2, 0.25) is 5.91 Å². The molecule has 1 saturated heterocycles. The number of hydrogen-bond acceptors (Lipinski definition) is 2. The van der Waals surface area contributed by atoms with Crippen LogP contribution in [-0.2, 0) is 11.2 Å². The van der Waals surface area contributed by atoms with E-state index in [1.807, 2.05) is 54.3 Å². The van der Waals surface area contributed by atoms with Crippen molar-refractivity contribution < 1.29 is 4.79 Å². The van der Waals surface area contributed by atoms with Gasteiger partial charge in [-0.2, -0.15) is 0 Å². The first kappa shape index (κ1) is 17.5. The maximum Gasteiger partial charge on any atom is 0.227 e. The van der Waals surface area contributed by atoms with Gasteiger partial charge in [-0.1, -0.05) is 54.6 Å². The van der Waals surface area contributed by atoms with Gasteiger partial charge in [0, 0.05) is 25.0 Å². The van der Waals surface area contributed by atoms with E-state index in [4.69, 9.17) is 5.73 Å². The molecule has 0 unspecified atom stereocenters. The van der Waals surface area contributed by atoms with Crippen LogP contribution in [0.15, 0.2) is 54.6 Å². The predicted molar refractivity (Wildman–Crippen MR) is 95.9 cm³/mol. The molecular weight excluding hydrogens is 308 g/mol. The summed E-state index contributed by atoms with van der Waals surface area (Å²) in [4.78, 5) is 14.5. The molecule has 1 amide bonds. The third-order valence-corrected chi connectivity index (χ3v) is 4.55. The highest BCUT2D eigenvalue weighted by Crippen LogP contribution is 2.26. The van der Waals surface area contributed by atoms with Gasteiger partial charge in [0.1, 0.15) is 0 Å². The Morgan fingerprint density at radius 1 is 1.09 bits per heavy atom. The number of hydrogen-bond donors (Lipinski definition) is 1. The normalized spacial score (nSPS) is 20.2. The highest BCUT2D eigenvalue weighted by atomic mass is 35.5.